The molecule has 1 unspecified atom stereocenters. The maximum absolute atomic E-state index is 13.1. The van der Waals surface area contributed by atoms with Crippen LogP contribution in [0.2, 0.25) is 0 Å². The summed E-state index contributed by atoms with van der Waals surface area (Å²) < 4.78 is 0. The number of carbonyl (C=O) groups is 1. The topological polar surface area (TPSA) is 41.1 Å². The summed E-state index contributed by atoms with van der Waals surface area (Å²) in [6.45, 7) is 0. The maximum Gasteiger partial charge on any atom is 0.255 e. The van der Waals surface area contributed by atoms with Gasteiger partial charge in [-0.1, -0.05) is 91.0 Å². The second-order valence-corrected chi connectivity index (χ2v) is 6.69. The molecule has 1 amide bonds. The third kappa shape index (κ3) is 2.56. The molecule has 27 heavy (non-hydrogen) atoms. The van der Waals surface area contributed by atoms with Crippen molar-refractivity contribution in [2.45, 2.75) is 6.17 Å². The highest BCUT2D eigenvalue weighted by Gasteiger charge is 2.33. The van der Waals surface area contributed by atoms with Gasteiger partial charge in [-0.25, -0.2) is 0 Å². The van der Waals surface area contributed by atoms with E-state index in [4.69, 9.17) is 0 Å². The summed E-state index contributed by atoms with van der Waals surface area (Å²) in [5.74, 6) is -0.0454. The van der Waals surface area contributed by atoms with Crippen LogP contribution in [0.4, 0.5) is 5.69 Å². The highest BCUT2D eigenvalue weighted by Crippen LogP contribution is 2.48. The van der Waals surface area contributed by atoms with Gasteiger partial charge in [0.05, 0.1) is 11.3 Å². The molecule has 1 aliphatic heterocycles. The Morgan fingerprint density at radius 1 is 0.593 bits per heavy atom. The molecule has 0 bridgehead atoms. The number of hydrogen-bond acceptors (Lipinski definition) is 2. The van der Waals surface area contributed by atoms with Crippen LogP contribution in [0, 0.1) is 0 Å². The molecule has 0 aromatic heterocycles. The van der Waals surface area contributed by atoms with Gasteiger partial charge in [-0.3, -0.25) is 4.79 Å². The van der Waals surface area contributed by atoms with E-state index in [2.05, 4.69) is 28.8 Å². The fourth-order valence-corrected chi connectivity index (χ4v) is 3.86. The summed E-state index contributed by atoms with van der Waals surface area (Å²) in [6.07, 6.45) is -0.251. The van der Waals surface area contributed by atoms with Gasteiger partial charge in [0, 0.05) is 5.56 Å². The van der Waals surface area contributed by atoms with E-state index in [0.717, 1.165) is 33.5 Å². The van der Waals surface area contributed by atoms with Gasteiger partial charge in [-0.2, -0.15) is 0 Å². The van der Waals surface area contributed by atoms with E-state index in [1.54, 1.807) is 0 Å². The highest BCUT2D eigenvalue weighted by atomic mass is 16.2. The zero-order valence-electron chi connectivity index (χ0n) is 14.6. The van der Waals surface area contributed by atoms with Crippen LogP contribution in [0.25, 0.3) is 22.3 Å². The van der Waals surface area contributed by atoms with Crippen molar-refractivity contribution in [2.75, 3.05) is 5.32 Å². The Kier molecular flexibility index (Phi) is 3.65. The number of fused-ring (bicyclic) bond motifs is 3. The van der Waals surface area contributed by atoms with Crippen molar-refractivity contribution >= 4 is 11.6 Å². The molecule has 1 heterocycles. The van der Waals surface area contributed by atoms with Gasteiger partial charge in [0.1, 0.15) is 6.17 Å². The molecule has 3 nitrogen and oxygen atoms in total. The molecule has 3 aliphatic rings. The van der Waals surface area contributed by atoms with Gasteiger partial charge in [0.15, 0.2) is 0 Å². The Bertz CT molecular complexity index is 1090. The second-order valence-electron chi connectivity index (χ2n) is 6.69. The monoisotopic (exact) mass is 350 g/mol. The Hall–Kier alpha value is -3.59. The molecule has 1 atom stereocenters. The average molecular weight is 350 g/mol. The molecular formula is C24H18N2O. The minimum Gasteiger partial charge on any atom is -0.360 e. The third-order valence-electron chi connectivity index (χ3n) is 5.06. The van der Waals surface area contributed by atoms with Gasteiger partial charge >= 0.3 is 0 Å². The molecule has 3 heteroatoms. The van der Waals surface area contributed by atoms with Crippen LogP contribution < -0.4 is 10.6 Å². The Balaban J connectivity index is 1.76. The summed E-state index contributed by atoms with van der Waals surface area (Å²) in [5, 5.41) is 6.68. The second kappa shape index (κ2) is 6.29. The fraction of sp³-hybridized carbons (Fsp3) is 0.0417. The average Bonchev–Trinajstić information content (AvgIpc) is 2.85. The minimum absolute atomic E-state index is 0.0454. The first kappa shape index (κ1) is 15.6. The van der Waals surface area contributed by atoms with E-state index in [-0.39, 0.29) is 12.1 Å². The summed E-state index contributed by atoms with van der Waals surface area (Å²) in [6, 6.07) is 30.3. The van der Waals surface area contributed by atoms with Crippen molar-refractivity contribution in [1.29, 1.82) is 0 Å². The predicted octanol–water partition coefficient (Wildman–Crippen LogP) is 5.31. The quantitative estimate of drug-likeness (QED) is 0.514. The first-order valence-electron chi connectivity index (χ1n) is 9.05. The Morgan fingerprint density at radius 2 is 1.15 bits per heavy atom. The molecule has 2 N–H and O–H groups in total. The summed E-state index contributed by atoms with van der Waals surface area (Å²) in [4.78, 5) is 13.1. The van der Waals surface area contributed by atoms with Crippen molar-refractivity contribution in [3.63, 3.8) is 0 Å². The third-order valence-corrected chi connectivity index (χ3v) is 5.06. The van der Waals surface area contributed by atoms with Gasteiger partial charge in [0.25, 0.3) is 5.91 Å². The fourth-order valence-electron chi connectivity index (χ4n) is 3.86. The van der Waals surface area contributed by atoms with Crippen LogP contribution in [-0.4, -0.2) is 5.91 Å². The lowest BCUT2D eigenvalue weighted by Crippen LogP contribution is -2.38. The maximum atomic E-state index is 13.1. The van der Waals surface area contributed by atoms with Gasteiger partial charge in [-0.15, -0.1) is 0 Å². The van der Waals surface area contributed by atoms with E-state index in [1.165, 1.54) is 0 Å². The van der Waals surface area contributed by atoms with Gasteiger partial charge in [-0.05, 0) is 22.3 Å². The van der Waals surface area contributed by atoms with E-state index in [1.807, 2.05) is 72.8 Å². The van der Waals surface area contributed by atoms with Crippen LogP contribution >= 0.6 is 0 Å². The van der Waals surface area contributed by atoms with Crippen LogP contribution in [0.5, 0.6) is 0 Å². The van der Waals surface area contributed by atoms with Crippen LogP contribution in [0.3, 0.4) is 0 Å². The zero-order valence-corrected chi connectivity index (χ0v) is 14.6. The van der Waals surface area contributed by atoms with Crippen molar-refractivity contribution < 1.29 is 4.79 Å². The van der Waals surface area contributed by atoms with Gasteiger partial charge in [0.2, 0.25) is 0 Å². The Labute approximate surface area is 158 Å². The highest BCUT2D eigenvalue weighted by molar-refractivity contribution is 6.16. The normalized spacial score (nSPS) is 15.7. The summed E-state index contributed by atoms with van der Waals surface area (Å²) >= 11 is 0. The van der Waals surface area contributed by atoms with E-state index in [0.29, 0.717) is 5.56 Å². The minimum atomic E-state index is -0.251. The smallest absolute Gasteiger partial charge is 0.255 e. The number of anilines is 1. The molecule has 2 aromatic rings. The van der Waals surface area contributed by atoms with E-state index in [9.17, 15) is 4.79 Å². The van der Waals surface area contributed by atoms with Crippen molar-refractivity contribution in [1.82, 2.24) is 5.32 Å². The molecule has 0 fully saturated rings. The number of amides is 1. The summed E-state index contributed by atoms with van der Waals surface area (Å²) in [7, 11) is 0. The molecule has 0 saturated carbocycles. The van der Waals surface area contributed by atoms with Crippen molar-refractivity contribution in [3.8, 4) is 22.3 Å². The van der Waals surface area contributed by atoms with Crippen LogP contribution in [0.1, 0.15) is 22.1 Å². The number of nitrogens with one attached hydrogen (secondary N) is 2. The lowest BCUT2D eigenvalue weighted by atomic mass is 10.0. The zero-order chi connectivity index (χ0) is 18.2. The molecule has 2 aliphatic carbocycles. The number of benzene rings is 2. The summed E-state index contributed by atoms with van der Waals surface area (Å²) in [5.41, 5.74) is 6.87. The van der Waals surface area contributed by atoms with Crippen LogP contribution in [0.15, 0.2) is 91.0 Å². The SMILES string of the molecule is O=C1NC(c2ccccc2)Nc2c1c1cccccc-1c2-c1ccccc1. The molecule has 5 rings (SSSR count). The number of hydrogen-bond donors (Lipinski definition) is 2. The first-order valence-corrected chi connectivity index (χ1v) is 9.05. The molecule has 0 radical (unpaired) electrons. The number of carbonyl (C=O) groups excluding carboxylic acids is 1. The Morgan fingerprint density at radius 3 is 1.81 bits per heavy atom. The standard InChI is InChI=1S/C24H18N2O/c27-24-21-19-15-9-3-8-14-18(19)20(16-10-4-1-5-11-16)22(21)25-23(26-24)17-12-6-2-7-13-17/h1-15,23,25H,(H,26,27). The van der Waals surface area contributed by atoms with Crippen molar-refractivity contribution in [2.24, 2.45) is 0 Å². The number of rotatable bonds is 2. The largest absolute Gasteiger partial charge is 0.360 e. The first-order chi connectivity index (χ1) is 13.3. The van der Waals surface area contributed by atoms with E-state index < -0.39 is 0 Å². The van der Waals surface area contributed by atoms with E-state index >= 15 is 0 Å². The molecule has 130 valence electrons. The molecule has 0 spiro atoms. The van der Waals surface area contributed by atoms with Crippen molar-refractivity contribution in [3.05, 3.63) is 102 Å². The molecule has 2 aromatic carbocycles. The van der Waals surface area contributed by atoms with Gasteiger partial charge < -0.3 is 10.6 Å². The lowest BCUT2D eigenvalue weighted by molar-refractivity contribution is 0.0937. The molecular weight excluding hydrogens is 332 g/mol. The lowest BCUT2D eigenvalue weighted by Gasteiger charge is -2.27. The van der Waals surface area contributed by atoms with Crippen LogP contribution in [-0.2, 0) is 0 Å². The molecule has 0 saturated heterocycles. The predicted molar refractivity (Wildman–Crippen MR) is 109 cm³/mol.